The highest BCUT2D eigenvalue weighted by Crippen LogP contribution is 2.30. The van der Waals surface area contributed by atoms with Gasteiger partial charge in [0.05, 0.1) is 24.8 Å². The van der Waals surface area contributed by atoms with Gasteiger partial charge in [0.1, 0.15) is 5.69 Å². The van der Waals surface area contributed by atoms with Gasteiger partial charge in [0, 0.05) is 41.3 Å². The number of aromatic nitrogens is 3. The Hall–Kier alpha value is -2.83. The number of halogens is 1. The molecule has 34 heavy (non-hydrogen) atoms. The monoisotopic (exact) mass is 505 g/mol. The van der Waals surface area contributed by atoms with Crippen molar-refractivity contribution in [3.8, 4) is 0 Å². The molecule has 12 heteroatoms. The van der Waals surface area contributed by atoms with Crippen molar-refractivity contribution < 1.29 is 22.5 Å². The van der Waals surface area contributed by atoms with Gasteiger partial charge < -0.3 is 10.4 Å². The minimum Gasteiger partial charge on any atom is -0.393 e. The summed E-state index contributed by atoms with van der Waals surface area (Å²) in [6.07, 6.45) is 4.80. The van der Waals surface area contributed by atoms with Crippen molar-refractivity contribution in [3.63, 3.8) is 0 Å². The third kappa shape index (κ3) is 6.19. The van der Waals surface area contributed by atoms with Gasteiger partial charge in [-0.1, -0.05) is 23.7 Å². The molecule has 4 rings (SSSR count). The predicted octanol–water partition coefficient (Wildman–Crippen LogP) is 1.98. The van der Waals surface area contributed by atoms with E-state index in [9.17, 15) is 18.3 Å². The van der Waals surface area contributed by atoms with E-state index >= 15 is 0 Å². The highest BCUT2D eigenvalue weighted by Gasteiger charge is 2.34. The van der Waals surface area contributed by atoms with Gasteiger partial charge in [0.2, 0.25) is 5.78 Å². The topological polar surface area (TPSA) is 149 Å². The number of nitrogens with zero attached hydrogens (tertiary/aromatic N) is 3. The zero-order valence-corrected chi connectivity index (χ0v) is 19.6. The number of aliphatic hydroxyl groups excluding tert-OH is 1. The fraction of sp³-hybridized carbons (Fsp3) is 0.318. The number of hydrogen-bond acceptors (Lipinski definition) is 8. The summed E-state index contributed by atoms with van der Waals surface area (Å²) in [4.78, 5) is 17.3. The molecular formula is C22H24ClN5O5S. The summed E-state index contributed by atoms with van der Waals surface area (Å²) in [5, 5.41) is 23.4. The summed E-state index contributed by atoms with van der Waals surface area (Å²) in [6, 6.07) is 10.5. The van der Waals surface area contributed by atoms with Gasteiger partial charge in [-0.05, 0) is 42.7 Å². The predicted molar refractivity (Wildman–Crippen MR) is 126 cm³/mol. The zero-order chi connectivity index (χ0) is 24.3. The molecule has 3 aromatic rings. The maximum atomic E-state index is 13.2. The first-order valence-electron chi connectivity index (χ1n) is 10.6. The molecule has 1 aliphatic rings. The van der Waals surface area contributed by atoms with Crippen LogP contribution in [0.3, 0.4) is 0 Å². The number of nitrogens with two attached hydrogens (primary N) is 1. The molecule has 0 aliphatic heterocycles. The van der Waals surface area contributed by atoms with E-state index in [0.29, 0.717) is 35.7 Å². The summed E-state index contributed by atoms with van der Waals surface area (Å²) in [7, 11) is -4.08. The molecule has 0 radical (unpaired) electrons. The summed E-state index contributed by atoms with van der Waals surface area (Å²) in [5.41, 5.74) is 2.12. The standard InChI is InChI=1S/C22H24ClN5O5S/c23-16-3-1-2-14(8-16)12-28-7-5-20(27-28)22(30)18-11-25-6-4-19(18)26-17-9-15(21(29)10-17)13-33-34(24,31)32/h1-8,11,15,17,21,29H,9-10,12-13H2,(H,25,26)(H2,24,31,32)/t15-,17-,21+/m1/s1. The number of carbonyl (C=O) groups is 1. The molecule has 0 unspecified atom stereocenters. The summed E-state index contributed by atoms with van der Waals surface area (Å²) < 4.78 is 28.4. The van der Waals surface area contributed by atoms with Gasteiger partial charge >= 0.3 is 10.3 Å². The number of pyridine rings is 1. The van der Waals surface area contributed by atoms with E-state index in [4.69, 9.17) is 16.7 Å². The van der Waals surface area contributed by atoms with Gasteiger partial charge in [0.15, 0.2) is 0 Å². The Morgan fingerprint density at radius 2 is 2.12 bits per heavy atom. The minimum absolute atomic E-state index is 0.196. The van der Waals surface area contributed by atoms with Gasteiger partial charge in [-0.25, -0.2) is 5.14 Å². The maximum Gasteiger partial charge on any atom is 0.333 e. The lowest BCUT2D eigenvalue weighted by molar-refractivity contribution is 0.101. The van der Waals surface area contributed by atoms with Crippen LogP contribution in [0.5, 0.6) is 0 Å². The number of rotatable bonds is 9. The van der Waals surface area contributed by atoms with Crippen LogP contribution in [0.1, 0.15) is 34.5 Å². The third-order valence-corrected chi connectivity index (χ3v) is 6.34. The molecule has 1 aromatic carbocycles. The molecule has 0 bridgehead atoms. The lowest BCUT2D eigenvalue weighted by Gasteiger charge is -2.16. The van der Waals surface area contributed by atoms with Crippen LogP contribution in [0.25, 0.3) is 0 Å². The number of carbonyl (C=O) groups excluding carboxylic acids is 1. The number of ketones is 1. The first-order chi connectivity index (χ1) is 16.2. The molecule has 180 valence electrons. The molecule has 3 atom stereocenters. The number of nitrogens with one attached hydrogen (secondary N) is 1. The highest BCUT2D eigenvalue weighted by atomic mass is 35.5. The summed E-state index contributed by atoms with van der Waals surface area (Å²) in [5.74, 6) is -0.702. The van der Waals surface area contributed by atoms with Crippen LogP contribution in [0, 0.1) is 5.92 Å². The molecule has 10 nitrogen and oxygen atoms in total. The van der Waals surface area contributed by atoms with Gasteiger partial charge in [-0.2, -0.15) is 13.5 Å². The SMILES string of the molecule is NS(=O)(=O)OC[C@H]1C[C@@H](Nc2ccncc2C(=O)c2ccn(Cc3cccc(Cl)c3)n2)C[C@@H]1O. The summed E-state index contributed by atoms with van der Waals surface area (Å²) in [6.45, 7) is 0.262. The normalized spacial score (nSPS) is 20.4. The van der Waals surface area contributed by atoms with E-state index in [0.717, 1.165) is 5.56 Å². The lowest BCUT2D eigenvalue weighted by Crippen LogP contribution is -2.24. The Balaban J connectivity index is 1.44. The van der Waals surface area contributed by atoms with Gasteiger partial charge in [0.25, 0.3) is 0 Å². The largest absolute Gasteiger partial charge is 0.393 e. The average molecular weight is 506 g/mol. The maximum absolute atomic E-state index is 13.2. The van der Waals surface area contributed by atoms with Crippen molar-refractivity contribution in [3.05, 3.63) is 76.8 Å². The fourth-order valence-corrected chi connectivity index (χ4v) is 4.61. The molecule has 0 saturated heterocycles. The van der Waals surface area contributed by atoms with Crippen LogP contribution in [0.15, 0.2) is 55.0 Å². The van der Waals surface area contributed by atoms with E-state index in [1.807, 2.05) is 18.2 Å². The molecule has 0 amide bonds. The molecule has 2 heterocycles. The van der Waals surface area contributed by atoms with E-state index in [1.165, 1.54) is 6.20 Å². The lowest BCUT2D eigenvalue weighted by atomic mass is 10.1. The smallest absolute Gasteiger partial charge is 0.333 e. The number of aliphatic hydroxyl groups is 1. The Morgan fingerprint density at radius 1 is 1.29 bits per heavy atom. The van der Waals surface area contributed by atoms with Crippen LogP contribution in [0.2, 0.25) is 5.02 Å². The quantitative estimate of drug-likeness (QED) is 0.374. The average Bonchev–Trinajstić information content (AvgIpc) is 3.38. The highest BCUT2D eigenvalue weighted by molar-refractivity contribution is 7.84. The number of hydrogen-bond donors (Lipinski definition) is 3. The first kappa shape index (κ1) is 24.3. The minimum atomic E-state index is -4.08. The third-order valence-electron chi connectivity index (χ3n) is 5.64. The molecule has 1 fully saturated rings. The van der Waals surface area contributed by atoms with Crippen molar-refractivity contribution in [2.24, 2.45) is 11.1 Å². The Bertz CT molecular complexity index is 1280. The molecule has 0 spiro atoms. The van der Waals surface area contributed by atoms with Crippen molar-refractivity contribution in [1.82, 2.24) is 14.8 Å². The van der Waals surface area contributed by atoms with Crippen molar-refractivity contribution in [2.75, 3.05) is 11.9 Å². The van der Waals surface area contributed by atoms with Crippen molar-refractivity contribution in [2.45, 2.75) is 31.5 Å². The second-order valence-electron chi connectivity index (χ2n) is 8.20. The number of benzene rings is 1. The Kier molecular flexibility index (Phi) is 7.29. The van der Waals surface area contributed by atoms with E-state index in [-0.39, 0.29) is 24.1 Å². The van der Waals surface area contributed by atoms with E-state index in [2.05, 4.69) is 19.6 Å². The second-order valence-corrected chi connectivity index (χ2v) is 9.85. The van der Waals surface area contributed by atoms with Crippen molar-refractivity contribution >= 4 is 33.4 Å². The van der Waals surface area contributed by atoms with Crippen LogP contribution in [-0.4, -0.2) is 52.8 Å². The zero-order valence-electron chi connectivity index (χ0n) is 18.0. The molecule has 4 N–H and O–H groups in total. The Labute approximate surface area is 202 Å². The Morgan fingerprint density at radius 3 is 2.88 bits per heavy atom. The van der Waals surface area contributed by atoms with E-state index < -0.39 is 22.3 Å². The second kappa shape index (κ2) is 10.2. The van der Waals surface area contributed by atoms with Gasteiger partial charge in [-0.3, -0.25) is 18.6 Å². The van der Waals surface area contributed by atoms with Crippen LogP contribution >= 0.6 is 11.6 Å². The molecule has 2 aromatic heterocycles. The number of anilines is 1. The summed E-state index contributed by atoms with van der Waals surface area (Å²) >= 11 is 6.04. The molecule has 1 saturated carbocycles. The fourth-order valence-electron chi connectivity index (χ4n) is 4.03. The molecule has 1 aliphatic carbocycles. The van der Waals surface area contributed by atoms with Gasteiger partial charge in [-0.15, -0.1) is 0 Å². The molecular weight excluding hydrogens is 482 g/mol. The van der Waals surface area contributed by atoms with E-state index in [1.54, 1.807) is 35.3 Å². The first-order valence-corrected chi connectivity index (χ1v) is 12.4. The van der Waals surface area contributed by atoms with Crippen molar-refractivity contribution in [1.29, 1.82) is 0 Å². The van der Waals surface area contributed by atoms with Crippen LogP contribution < -0.4 is 10.5 Å². The van der Waals surface area contributed by atoms with Crippen LogP contribution in [0.4, 0.5) is 5.69 Å². The van der Waals surface area contributed by atoms with Crippen LogP contribution in [-0.2, 0) is 21.0 Å².